The maximum atomic E-state index is 10.4. The minimum absolute atomic E-state index is 0.622. The fourth-order valence-corrected chi connectivity index (χ4v) is 2.22. The number of aliphatic hydroxyl groups is 1. The van der Waals surface area contributed by atoms with Gasteiger partial charge < -0.3 is 9.84 Å². The minimum atomic E-state index is -0.632. The van der Waals surface area contributed by atoms with Crippen LogP contribution in [0.2, 0.25) is 0 Å². The van der Waals surface area contributed by atoms with Crippen molar-refractivity contribution in [2.24, 2.45) is 0 Å². The topological polar surface area (TPSA) is 29.5 Å². The van der Waals surface area contributed by atoms with Gasteiger partial charge in [-0.15, -0.1) is 0 Å². The molecule has 3 heteroatoms. The summed E-state index contributed by atoms with van der Waals surface area (Å²) in [6.07, 6.45) is -0.632. The van der Waals surface area contributed by atoms with Crippen LogP contribution in [0.3, 0.4) is 0 Å². The molecule has 0 aromatic heterocycles. The zero-order chi connectivity index (χ0) is 13.8. The largest absolute Gasteiger partial charge is 0.494 e. The first-order valence-corrected chi connectivity index (χ1v) is 7.08. The van der Waals surface area contributed by atoms with E-state index < -0.39 is 6.10 Å². The summed E-state index contributed by atoms with van der Waals surface area (Å²) < 4.78 is 6.50. The number of hydrogen-bond donors (Lipinski definition) is 1. The summed E-state index contributed by atoms with van der Waals surface area (Å²) in [5, 5.41) is 10.4. The van der Waals surface area contributed by atoms with Gasteiger partial charge in [-0.05, 0) is 48.7 Å². The molecule has 0 radical (unpaired) electrons. The molecule has 2 nitrogen and oxygen atoms in total. The lowest BCUT2D eigenvalue weighted by Gasteiger charge is -2.14. The molecule has 0 bridgehead atoms. The fourth-order valence-electron chi connectivity index (χ4n) is 1.97. The molecule has 0 aliphatic heterocycles. The van der Waals surface area contributed by atoms with Gasteiger partial charge in [0.1, 0.15) is 11.9 Å². The molecule has 1 atom stereocenters. The van der Waals surface area contributed by atoms with Crippen molar-refractivity contribution in [2.45, 2.75) is 20.0 Å². The van der Waals surface area contributed by atoms with Crippen LogP contribution in [-0.2, 0) is 0 Å². The molecule has 0 spiro atoms. The highest BCUT2D eigenvalue weighted by molar-refractivity contribution is 9.10. The Morgan fingerprint density at radius 3 is 2.58 bits per heavy atom. The van der Waals surface area contributed by atoms with Crippen molar-refractivity contribution in [3.05, 3.63) is 63.6 Å². The summed E-state index contributed by atoms with van der Waals surface area (Å²) in [6.45, 7) is 4.58. The predicted octanol–water partition coefficient (Wildman–Crippen LogP) is 4.24. The molecule has 2 rings (SSSR count). The van der Waals surface area contributed by atoms with Gasteiger partial charge in [0, 0.05) is 4.47 Å². The van der Waals surface area contributed by atoms with Crippen LogP contribution in [0, 0.1) is 6.92 Å². The lowest BCUT2D eigenvalue weighted by molar-refractivity contribution is 0.219. The van der Waals surface area contributed by atoms with E-state index in [0.29, 0.717) is 6.61 Å². The van der Waals surface area contributed by atoms with Gasteiger partial charge in [0.05, 0.1) is 6.61 Å². The highest BCUT2D eigenvalue weighted by atomic mass is 79.9. The lowest BCUT2D eigenvalue weighted by atomic mass is 10.00. The molecule has 2 aromatic carbocycles. The third-order valence-corrected chi connectivity index (χ3v) is 3.87. The van der Waals surface area contributed by atoms with Crippen LogP contribution < -0.4 is 4.74 Å². The number of benzene rings is 2. The third-order valence-electron chi connectivity index (χ3n) is 2.98. The maximum Gasteiger partial charge on any atom is 0.119 e. The average Bonchev–Trinajstić information content (AvgIpc) is 2.42. The molecule has 0 aliphatic rings. The Morgan fingerprint density at radius 2 is 1.89 bits per heavy atom. The summed E-state index contributed by atoms with van der Waals surface area (Å²) >= 11 is 3.47. The standard InChI is InChI=1S/C16H17BrO2/c1-3-19-14-6-4-5-12(10-14)16(18)13-7-8-15(17)11(2)9-13/h4-10,16,18H,3H2,1-2H3. The Balaban J connectivity index is 2.29. The predicted molar refractivity (Wildman–Crippen MR) is 80.6 cm³/mol. The second kappa shape index (κ2) is 6.22. The number of halogens is 1. The highest BCUT2D eigenvalue weighted by Gasteiger charge is 2.12. The Labute approximate surface area is 122 Å². The van der Waals surface area contributed by atoms with Crippen LogP contribution in [-0.4, -0.2) is 11.7 Å². The van der Waals surface area contributed by atoms with Gasteiger partial charge in [0.15, 0.2) is 0 Å². The second-order valence-electron chi connectivity index (χ2n) is 4.42. The van der Waals surface area contributed by atoms with Crippen LogP contribution in [0.5, 0.6) is 5.75 Å². The van der Waals surface area contributed by atoms with E-state index in [2.05, 4.69) is 15.9 Å². The Kier molecular flexibility index (Phi) is 4.61. The second-order valence-corrected chi connectivity index (χ2v) is 5.27. The van der Waals surface area contributed by atoms with Crippen LogP contribution in [0.1, 0.15) is 29.7 Å². The van der Waals surface area contributed by atoms with E-state index in [1.165, 1.54) is 0 Å². The summed E-state index contributed by atoms with van der Waals surface area (Å²) in [5.41, 5.74) is 2.83. The smallest absolute Gasteiger partial charge is 0.119 e. The van der Waals surface area contributed by atoms with Crippen LogP contribution in [0.25, 0.3) is 0 Å². The summed E-state index contributed by atoms with van der Waals surface area (Å²) in [7, 11) is 0. The molecular weight excluding hydrogens is 304 g/mol. The van der Waals surface area contributed by atoms with Gasteiger partial charge in [0.2, 0.25) is 0 Å². The van der Waals surface area contributed by atoms with E-state index in [1.807, 2.05) is 56.3 Å². The van der Waals surface area contributed by atoms with Gasteiger partial charge >= 0.3 is 0 Å². The van der Waals surface area contributed by atoms with Crippen molar-refractivity contribution < 1.29 is 9.84 Å². The van der Waals surface area contributed by atoms with Crippen molar-refractivity contribution in [3.63, 3.8) is 0 Å². The van der Waals surface area contributed by atoms with Crippen LogP contribution in [0.4, 0.5) is 0 Å². The Hall–Kier alpha value is -1.32. The van der Waals surface area contributed by atoms with Gasteiger partial charge in [-0.1, -0.05) is 40.2 Å². The van der Waals surface area contributed by atoms with E-state index in [4.69, 9.17) is 4.74 Å². The van der Waals surface area contributed by atoms with Crippen molar-refractivity contribution in [1.82, 2.24) is 0 Å². The Morgan fingerprint density at radius 1 is 1.16 bits per heavy atom. The third kappa shape index (κ3) is 3.37. The van der Waals surface area contributed by atoms with Gasteiger partial charge in [0.25, 0.3) is 0 Å². The van der Waals surface area contributed by atoms with Crippen molar-refractivity contribution in [3.8, 4) is 5.75 Å². The summed E-state index contributed by atoms with van der Waals surface area (Å²) in [6, 6.07) is 13.5. The lowest BCUT2D eigenvalue weighted by Crippen LogP contribution is -2.01. The summed E-state index contributed by atoms with van der Waals surface area (Å²) in [5.74, 6) is 0.785. The van der Waals surface area contributed by atoms with Crippen molar-refractivity contribution in [1.29, 1.82) is 0 Å². The van der Waals surface area contributed by atoms with Gasteiger partial charge in [-0.25, -0.2) is 0 Å². The average molecular weight is 321 g/mol. The number of aryl methyl sites for hydroxylation is 1. The molecule has 0 saturated heterocycles. The molecule has 0 heterocycles. The van der Waals surface area contributed by atoms with Crippen LogP contribution in [0.15, 0.2) is 46.9 Å². The van der Waals surface area contributed by atoms with Crippen molar-refractivity contribution in [2.75, 3.05) is 6.61 Å². The molecular formula is C16H17BrO2. The van der Waals surface area contributed by atoms with E-state index in [-0.39, 0.29) is 0 Å². The Bertz CT molecular complexity index is 566. The van der Waals surface area contributed by atoms with Gasteiger partial charge in [-0.2, -0.15) is 0 Å². The van der Waals surface area contributed by atoms with E-state index in [1.54, 1.807) is 0 Å². The number of rotatable bonds is 4. The monoisotopic (exact) mass is 320 g/mol. The molecule has 0 fully saturated rings. The first-order chi connectivity index (χ1) is 9.11. The number of ether oxygens (including phenoxy) is 1. The molecule has 1 unspecified atom stereocenters. The summed E-state index contributed by atoms with van der Waals surface area (Å²) in [4.78, 5) is 0. The fraction of sp³-hybridized carbons (Fsp3) is 0.250. The van der Waals surface area contributed by atoms with Crippen LogP contribution >= 0.6 is 15.9 Å². The zero-order valence-electron chi connectivity index (χ0n) is 11.1. The molecule has 0 amide bonds. The van der Waals surface area contributed by atoms with E-state index >= 15 is 0 Å². The molecule has 19 heavy (non-hydrogen) atoms. The zero-order valence-corrected chi connectivity index (χ0v) is 12.6. The molecule has 1 N–H and O–H groups in total. The van der Waals surface area contributed by atoms with Crippen molar-refractivity contribution >= 4 is 15.9 Å². The molecule has 0 aliphatic carbocycles. The van der Waals surface area contributed by atoms with E-state index in [0.717, 1.165) is 26.9 Å². The molecule has 2 aromatic rings. The van der Waals surface area contributed by atoms with E-state index in [9.17, 15) is 5.11 Å². The molecule has 0 saturated carbocycles. The highest BCUT2D eigenvalue weighted by Crippen LogP contribution is 2.27. The number of hydrogen-bond acceptors (Lipinski definition) is 2. The molecule has 100 valence electrons. The first-order valence-electron chi connectivity index (χ1n) is 6.28. The SMILES string of the molecule is CCOc1cccc(C(O)c2ccc(Br)c(C)c2)c1. The minimum Gasteiger partial charge on any atom is -0.494 e. The maximum absolute atomic E-state index is 10.4. The number of aliphatic hydroxyl groups excluding tert-OH is 1. The first kappa shape index (κ1) is 14.1. The normalized spacial score (nSPS) is 12.2. The van der Waals surface area contributed by atoms with Gasteiger partial charge in [-0.3, -0.25) is 0 Å². The quantitative estimate of drug-likeness (QED) is 0.913.